The lowest BCUT2D eigenvalue weighted by molar-refractivity contribution is -0.129. The monoisotopic (exact) mass is 495 g/mol. The molecule has 0 saturated carbocycles. The minimum absolute atomic E-state index is 0.108. The van der Waals surface area contributed by atoms with Gasteiger partial charge < -0.3 is 9.64 Å². The van der Waals surface area contributed by atoms with Crippen LogP contribution in [0.1, 0.15) is 62.5 Å². The number of amides is 1. The molecule has 6 rings (SSSR count). The van der Waals surface area contributed by atoms with E-state index in [1.807, 2.05) is 17.3 Å². The number of hydrogen-bond donors (Lipinski definition) is 0. The fourth-order valence-corrected chi connectivity index (χ4v) is 5.60. The number of ether oxygens (including phenoxy) is 1. The summed E-state index contributed by atoms with van der Waals surface area (Å²) in [6.07, 6.45) is 6.63. The highest BCUT2D eigenvalue weighted by Crippen LogP contribution is 2.37. The van der Waals surface area contributed by atoms with Crippen molar-refractivity contribution in [2.45, 2.75) is 58.5 Å². The largest absolute Gasteiger partial charge is 0.381 e. The predicted molar refractivity (Wildman–Crippen MR) is 144 cm³/mol. The van der Waals surface area contributed by atoms with E-state index < -0.39 is 0 Å². The zero-order valence-corrected chi connectivity index (χ0v) is 21.8. The van der Waals surface area contributed by atoms with Gasteiger partial charge in [0.05, 0.1) is 17.4 Å². The molecule has 7 nitrogen and oxygen atoms in total. The topological polar surface area (TPSA) is 73.1 Å². The minimum atomic E-state index is 0.108. The summed E-state index contributed by atoms with van der Waals surface area (Å²) in [5.74, 6) is 0.503. The Morgan fingerprint density at radius 3 is 2.65 bits per heavy atom. The van der Waals surface area contributed by atoms with Gasteiger partial charge in [-0.15, -0.1) is 0 Å². The van der Waals surface area contributed by atoms with E-state index in [0.29, 0.717) is 18.5 Å². The molecule has 0 spiro atoms. The second kappa shape index (κ2) is 9.71. The van der Waals surface area contributed by atoms with Gasteiger partial charge in [-0.1, -0.05) is 32.0 Å². The fourth-order valence-electron chi connectivity index (χ4n) is 5.60. The maximum absolute atomic E-state index is 12.3. The van der Waals surface area contributed by atoms with E-state index in [1.54, 1.807) is 6.92 Å². The molecule has 37 heavy (non-hydrogen) atoms. The summed E-state index contributed by atoms with van der Waals surface area (Å²) in [4.78, 5) is 23.7. The zero-order valence-electron chi connectivity index (χ0n) is 21.8. The fraction of sp³-hybridized carbons (Fsp3) is 0.400. The molecule has 1 aromatic carbocycles. The van der Waals surface area contributed by atoms with Crippen LogP contribution in [-0.2, 0) is 22.5 Å². The molecule has 0 radical (unpaired) electrons. The molecule has 0 unspecified atom stereocenters. The van der Waals surface area contributed by atoms with Gasteiger partial charge in [0, 0.05) is 85.5 Å². The summed E-state index contributed by atoms with van der Waals surface area (Å²) < 4.78 is 7.87. The molecule has 4 aromatic rings. The van der Waals surface area contributed by atoms with Gasteiger partial charge in [0.2, 0.25) is 5.91 Å². The van der Waals surface area contributed by atoms with Gasteiger partial charge in [0.25, 0.3) is 0 Å². The van der Waals surface area contributed by atoms with Crippen LogP contribution < -0.4 is 0 Å². The third-order valence-corrected chi connectivity index (χ3v) is 7.76. The van der Waals surface area contributed by atoms with E-state index in [9.17, 15) is 4.79 Å². The first-order chi connectivity index (χ1) is 18.0. The Bertz CT molecular complexity index is 1450. The smallest absolute Gasteiger partial charge is 0.219 e. The number of aromatic nitrogens is 4. The van der Waals surface area contributed by atoms with Crippen molar-refractivity contribution >= 4 is 16.7 Å². The quantitative estimate of drug-likeness (QED) is 0.372. The maximum Gasteiger partial charge on any atom is 0.219 e. The van der Waals surface area contributed by atoms with E-state index in [2.05, 4.69) is 59.9 Å². The van der Waals surface area contributed by atoms with E-state index >= 15 is 0 Å². The van der Waals surface area contributed by atoms with Crippen LogP contribution in [0.2, 0.25) is 0 Å². The van der Waals surface area contributed by atoms with Crippen molar-refractivity contribution in [2.24, 2.45) is 0 Å². The molecular formula is C30H33N5O2. The maximum atomic E-state index is 12.3. The number of carbonyl (C=O) groups is 1. The number of nitrogens with zero attached hydrogens (tertiary/aromatic N) is 5. The highest BCUT2D eigenvalue weighted by atomic mass is 16.5. The van der Waals surface area contributed by atoms with Crippen LogP contribution in [0.15, 0.2) is 48.8 Å². The zero-order chi connectivity index (χ0) is 25.5. The molecular weight excluding hydrogens is 462 g/mol. The molecule has 2 aliphatic rings. The molecule has 0 bridgehead atoms. The van der Waals surface area contributed by atoms with Crippen molar-refractivity contribution in [1.29, 1.82) is 0 Å². The first kappa shape index (κ1) is 23.8. The Labute approximate surface area is 217 Å². The Balaban J connectivity index is 1.44. The Morgan fingerprint density at radius 1 is 1.08 bits per heavy atom. The van der Waals surface area contributed by atoms with Crippen molar-refractivity contribution in [3.05, 3.63) is 65.7 Å². The van der Waals surface area contributed by atoms with Crippen LogP contribution in [0, 0.1) is 0 Å². The van der Waals surface area contributed by atoms with Crippen molar-refractivity contribution in [3.63, 3.8) is 0 Å². The van der Waals surface area contributed by atoms with Gasteiger partial charge in [0.1, 0.15) is 0 Å². The summed E-state index contributed by atoms with van der Waals surface area (Å²) >= 11 is 0. The lowest BCUT2D eigenvalue weighted by atomic mass is 9.96. The van der Waals surface area contributed by atoms with E-state index in [-0.39, 0.29) is 5.91 Å². The van der Waals surface area contributed by atoms with Gasteiger partial charge in [-0.25, -0.2) is 0 Å². The minimum Gasteiger partial charge on any atom is -0.381 e. The SMILES string of the molecule is CC(=O)N1CCc2c(c(-c3cccc4cc(-c5ccc(C(C)C)nc5)ncc34)nn2C2CCOCC2)C1. The lowest BCUT2D eigenvalue weighted by Crippen LogP contribution is -2.35. The van der Waals surface area contributed by atoms with Crippen LogP contribution in [0.3, 0.4) is 0 Å². The highest BCUT2D eigenvalue weighted by Gasteiger charge is 2.30. The van der Waals surface area contributed by atoms with Gasteiger partial charge in [0.15, 0.2) is 0 Å². The highest BCUT2D eigenvalue weighted by molar-refractivity contribution is 5.97. The van der Waals surface area contributed by atoms with Crippen LogP contribution in [0.4, 0.5) is 0 Å². The molecule has 0 N–H and O–H groups in total. The molecule has 3 aromatic heterocycles. The predicted octanol–water partition coefficient (Wildman–Crippen LogP) is 5.54. The molecule has 1 amide bonds. The van der Waals surface area contributed by atoms with Gasteiger partial charge in [-0.05, 0) is 42.3 Å². The summed E-state index contributed by atoms with van der Waals surface area (Å²) in [5, 5.41) is 7.40. The second-order valence-corrected chi connectivity index (χ2v) is 10.5. The molecule has 1 fully saturated rings. The van der Waals surface area contributed by atoms with Crippen molar-refractivity contribution in [1.82, 2.24) is 24.6 Å². The molecule has 0 aliphatic carbocycles. The third-order valence-electron chi connectivity index (χ3n) is 7.76. The Hall–Kier alpha value is -3.58. The van der Waals surface area contributed by atoms with E-state index in [0.717, 1.165) is 83.6 Å². The van der Waals surface area contributed by atoms with Crippen molar-refractivity contribution in [3.8, 4) is 22.5 Å². The normalized spacial score (nSPS) is 16.4. The number of fused-ring (bicyclic) bond motifs is 2. The lowest BCUT2D eigenvalue weighted by Gasteiger charge is -2.29. The van der Waals surface area contributed by atoms with Gasteiger partial charge in [-0.2, -0.15) is 5.10 Å². The molecule has 7 heteroatoms. The molecule has 0 atom stereocenters. The summed E-state index contributed by atoms with van der Waals surface area (Å²) in [5.41, 5.74) is 7.46. The number of rotatable bonds is 4. The van der Waals surface area contributed by atoms with Crippen molar-refractivity contribution < 1.29 is 9.53 Å². The van der Waals surface area contributed by atoms with Crippen molar-refractivity contribution in [2.75, 3.05) is 19.8 Å². The standard InChI is InChI=1S/C30H33N5O2/c1-19(2)27-8-7-22(16-31-27)28-15-21-5-4-6-24(25(21)17-32-28)30-26-18-34(20(3)36)12-9-29(26)35(33-30)23-10-13-37-14-11-23/h4-8,15-17,19,23H,9-14,18H2,1-3H3. The second-order valence-electron chi connectivity index (χ2n) is 10.5. The van der Waals surface area contributed by atoms with Gasteiger partial charge >= 0.3 is 0 Å². The van der Waals surface area contributed by atoms with Gasteiger partial charge in [-0.3, -0.25) is 19.4 Å². The van der Waals surface area contributed by atoms with Crippen LogP contribution in [0.5, 0.6) is 0 Å². The number of hydrogen-bond acceptors (Lipinski definition) is 5. The summed E-state index contributed by atoms with van der Waals surface area (Å²) in [6, 6.07) is 13.0. The number of carbonyl (C=O) groups excluding carboxylic acids is 1. The van der Waals surface area contributed by atoms with E-state index in [1.165, 1.54) is 5.69 Å². The Morgan fingerprint density at radius 2 is 1.92 bits per heavy atom. The summed E-state index contributed by atoms with van der Waals surface area (Å²) in [7, 11) is 0. The third kappa shape index (κ3) is 4.42. The molecule has 2 aliphatic heterocycles. The molecule has 5 heterocycles. The first-order valence-corrected chi connectivity index (χ1v) is 13.3. The first-order valence-electron chi connectivity index (χ1n) is 13.3. The molecule has 1 saturated heterocycles. The molecule has 190 valence electrons. The van der Waals surface area contributed by atoms with Crippen LogP contribution in [-0.4, -0.2) is 50.3 Å². The average molecular weight is 496 g/mol. The van der Waals surface area contributed by atoms with E-state index in [4.69, 9.17) is 14.8 Å². The van der Waals surface area contributed by atoms with Crippen LogP contribution >= 0.6 is 0 Å². The Kier molecular flexibility index (Phi) is 6.24. The number of benzene rings is 1. The van der Waals surface area contributed by atoms with Crippen LogP contribution in [0.25, 0.3) is 33.3 Å². The number of pyridine rings is 2. The average Bonchev–Trinajstić information content (AvgIpc) is 3.31. The summed E-state index contributed by atoms with van der Waals surface area (Å²) in [6.45, 7) is 8.81.